The molecule has 0 saturated carbocycles. The van der Waals surface area contributed by atoms with Crippen molar-refractivity contribution in [1.82, 2.24) is 0 Å². The van der Waals surface area contributed by atoms with E-state index in [1.165, 1.54) is 52.7 Å². The molecule has 20 heteroatoms. The van der Waals surface area contributed by atoms with Gasteiger partial charge in [-0.15, -0.1) is 0 Å². The zero-order chi connectivity index (χ0) is 52.9. The molecule has 2 unspecified atom stereocenters. The average Bonchev–Trinajstić information content (AvgIpc) is 3.31. The van der Waals surface area contributed by atoms with Crippen LogP contribution in [0.25, 0.3) is 17.0 Å². The molecule has 15 nitrogen and oxygen atoms in total. The van der Waals surface area contributed by atoms with Crippen LogP contribution in [0.5, 0.6) is 23.0 Å². The Morgan fingerprint density at radius 1 is 0.768 bits per heavy atom. The lowest BCUT2D eigenvalue weighted by atomic mass is 9.08. The number of aliphatic carboxylic acids is 1. The summed E-state index contributed by atoms with van der Waals surface area (Å²) in [6.07, 6.45) is 11.2. The van der Waals surface area contributed by atoms with Crippen molar-refractivity contribution in [2.75, 3.05) is 41.7 Å². The highest BCUT2D eigenvalue weighted by Crippen LogP contribution is 2.29. The highest BCUT2D eigenvalue weighted by molar-refractivity contribution is 7.79. The number of carboxylic acid groups (broad SMARTS) is 1. The number of nitrogens with zero attached hydrogens (tertiary/aromatic N) is 2. The maximum absolute atomic E-state index is 12.2. The number of esters is 1. The number of rotatable bonds is 19. The Morgan fingerprint density at radius 3 is 1.46 bits per heavy atom. The Labute approximate surface area is 417 Å². The predicted molar refractivity (Wildman–Crippen MR) is 278 cm³/mol. The summed E-state index contributed by atoms with van der Waals surface area (Å²) in [4.78, 5) is 26.2. The van der Waals surface area contributed by atoms with Crippen molar-refractivity contribution in [2.45, 2.75) is 100 Å². The lowest BCUT2D eigenvalue weighted by Gasteiger charge is -2.14. The summed E-state index contributed by atoms with van der Waals surface area (Å²) >= 11 is 0. The maximum atomic E-state index is 12.2. The lowest BCUT2D eigenvalue weighted by molar-refractivity contribution is -0.140. The van der Waals surface area contributed by atoms with Crippen LogP contribution in [-0.4, -0.2) is 111 Å². The highest BCUT2D eigenvalue weighted by Gasteiger charge is 2.16. The largest absolute Gasteiger partial charge is 0.493 e. The molecule has 69 heavy (non-hydrogen) atoms. The van der Waals surface area contributed by atoms with Crippen molar-refractivity contribution in [3.8, 4) is 64.6 Å². The van der Waals surface area contributed by atoms with Gasteiger partial charge < -0.3 is 33.9 Å². The van der Waals surface area contributed by atoms with Gasteiger partial charge >= 0.3 is 22.3 Å². The van der Waals surface area contributed by atoms with Gasteiger partial charge in [0.05, 0.1) is 41.6 Å². The number of aliphatic hydroxyl groups excluding tert-OH is 1. The minimum atomic E-state index is -4.67. The van der Waals surface area contributed by atoms with Crippen LogP contribution in [0.3, 0.4) is 0 Å². The fourth-order valence-electron chi connectivity index (χ4n) is 4.76. The maximum Gasteiger partial charge on any atom is 0.394 e. The molecule has 2 rings (SSSR count). The van der Waals surface area contributed by atoms with E-state index in [1.807, 2.05) is 0 Å². The van der Waals surface area contributed by atoms with Gasteiger partial charge in [0.25, 0.3) is 5.70 Å². The number of hydrogen-bond donors (Lipinski definition) is 4. The van der Waals surface area contributed by atoms with Gasteiger partial charge in [0, 0.05) is 36.2 Å². The number of carbonyl (C=O) groups is 2. The minimum Gasteiger partial charge on any atom is -0.493 e. The van der Waals surface area contributed by atoms with Gasteiger partial charge in [-0.1, -0.05) is 97.6 Å². The van der Waals surface area contributed by atoms with Crippen LogP contribution in [0.4, 0.5) is 0 Å². The zero-order valence-corrected chi connectivity index (χ0v) is 41.7. The van der Waals surface area contributed by atoms with Gasteiger partial charge in [0.1, 0.15) is 11.6 Å². The summed E-state index contributed by atoms with van der Waals surface area (Å²) in [6, 6.07) is 11.7. The number of hydrogen-bond acceptors (Lipinski definition) is 11. The Balaban J connectivity index is -0.000000267. The van der Waals surface area contributed by atoms with E-state index in [9.17, 15) is 9.59 Å². The van der Waals surface area contributed by atoms with Crippen molar-refractivity contribution in [3.05, 3.63) is 70.2 Å². The van der Waals surface area contributed by atoms with Crippen molar-refractivity contribution in [2.24, 2.45) is 11.8 Å². The number of carbonyl (C=O) groups excluding carboxylic acids is 1. The second-order valence-corrected chi connectivity index (χ2v) is 14.4. The molecule has 370 valence electrons. The molecule has 6 radical (unpaired) electrons. The lowest BCUT2D eigenvalue weighted by Crippen LogP contribution is -2.14. The number of carboxylic acids is 1. The predicted octanol–water partition coefficient (Wildman–Crippen LogP) is 8.11. The number of methoxy groups -OCH3 is 4. The van der Waals surface area contributed by atoms with E-state index in [0.717, 1.165) is 32.1 Å². The molecule has 0 bridgehead atoms. The SMILES string of the molecule is C.CC#CC#CC#CC.CCCCC(CC)CO.COc1ccc(/C=C(\C#N)C(=O)O)cc1OC.O=S(=O)(O)O.[B]B([B])[B].[C-]#[N+]/C(=C\c1ccc(OC)c(OC)c1)C(=O)OCC(CC)CCCC. The third-order valence-corrected chi connectivity index (χ3v) is 8.34. The van der Waals surface area contributed by atoms with Crippen molar-refractivity contribution in [1.29, 1.82) is 5.26 Å². The molecular weight excluding hydrogens is 900 g/mol. The van der Waals surface area contributed by atoms with Crippen LogP contribution in [0.1, 0.15) is 111 Å². The second kappa shape index (κ2) is 46.9. The summed E-state index contributed by atoms with van der Waals surface area (Å²) in [7, 11) is 15.4. The van der Waals surface area contributed by atoms with E-state index in [2.05, 4.69) is 91.3 Å². The van der Waals surface area contributed by atoms with E-state index in [-0.39, 0.29) is 18.7 Å². The summed E-state index contributed by atoms with van der Waals surface area (Å²) in [6.45, 7) is 20.0. The molecule has 0 aliphatic rings. The average molecular weight is 968 g/mol. The molecule has 2 atom stereocenters. The molecule has 0 fully saturated rings. The summed E-state index contributed by atoms with van der Waals surface area (Å²) < 4.78 is 57.5. The van der Waals surface area contributed by atoms with Crippen molar-refractivity contribution < 1.29 is 61.0 Å². The number of benzene rings is 2. The normalized spacial score (nSPS) is 10.4. The monoisotopic (exact) mass is 968 g/mol. The molecule has 0 heterocycles. The first kappa shape index (κ1) is 71.8. The zero-order valence-electron chi connectivity index (χ0n) is 40.9. The molecule has 2 aromatic carbocycles. The smallest absolute Gasteiger partial charge is 0.394 e. The standard InChI is InChI=1S/C20H27NO4.C12H11NO4.C8H18O.C8H6.CH4.B4.H2O4S/c1-6-8-9-15(7-2)14-25-20(22)17(21-3)12-16-10-11-18(23-4)19(13-16)24-5;1-16-10-4-3-8(6-11(10)17-2)5-9(7-13)12(14)15;1-3-5-6-8(4-2)7-9;1-3-5-7-8-6-4-2;;1-4(2)3;1-5(2,3)4/h10-13,15H,6-9,14H2,1-2,4-5H3;3-6H,1-2H3,(H,14,15);8-9H,3-7H2,1-2H3;1-2H3;1H4;;(H2,1,2,3,4)/b17-12-;9-5+;;;;;. The Morgan fingerprint density at radius 2 is 1.16 bits per heavy atom. The molecule has 0 aliphatic carbocycles. The highest BCUT2D eigenvalue weighted by atomic mass is 32.3. The molecule has 0 aromatic heterocycles. The number of aliphatic hydroxyl groups is 1. The molecule has 0 amide bonds. The van der Waals surface area contributed by atoms with Gasteiger partial charge in [-0.3, -0.25) is 13.9 Å². The number of unbranched alkanes of at least 4 members (excludes halogenated alkanes) is 2. The van der Waals surface area contributed by atoms with Crippen LogP contribution in [0.2, 0.25) is 0 Å². The number of ether oxygens (including phenoxy) is 5. The van der Waals surface area contributed by atoms with Crippen LogP contribution in [-0.2, 0) is 24.7 Å². The first-order valence-electron chi connectivity index (χ1n) is 21.2. The summed E-state index contributed by atoms with van der Waals surface area (Å²) in [5.74, 6) is 16.7. The first-order valence-corrected chi connectivity index (χ1v) is 22.6. The molecule has 4 N–H and O–H groups in total. The Kier molecular flexibility index (Phi) is 48.8. The van der Waals surface area contributed by atoms with Crippen LogP contribution in [0.15, 0.2) is 47.7 Å². The first-order chi connectivity index (χ1) is 32.2. The molecule has 0 spiro atoms. The van der Waals surface area contributed by atoms with Gasteiger partial charge in [0.15, 0.2) is 23.0 Å². The Hall–Kier alpha value is -6.19. The van der Waals surface area contributed by atoms with E-state index in [4.69, 9.17) is 63.3 Å². The van der Waals surface area contributed by atoms with Gasteiger partial charge in [-0.2, -0.15) is 13.7 Å². The molecule has 0 saturated heterocycles. The topological polar surface area (TPSA) is 223 Å². The minimum absolute atomic E-state index is 0. The van der Waals surface area contributed by atoms with Gasteiger partial charge in [-0.05, 0) is 110 Å². The number of nitriles is 1. The molecular formula is C49H68B4N2O13S. The van der Waals surface area contributed by atoms with E-state index in [0.29, 0.717) is 59.2 Å². The van der Waals surface area contributed by atoms with Crippen LogP contribution >= 0.6 is 0 Å². The van der Waals surface area contributed by atoms with E-state index >= 15 is 0 Å². The van der Waals surface area contributed by atoms with Crippen LogP contribution < -0.4 is 18.9 Å². The van der Waals surface area contributed by atoms with Crippen molar-refractivity contribution >= 4 is 64.1 Å². The summed E-state index contributed by atoms with van der Waals surface area (Å²) in [5, 5.41) is 26.1. The third-order valence-electron chi connectivity index (χ3n) is 8.34. The fraction of sp³-hybridized carbons (Fsp3) is 0.469. The van der Waals surface area contributed by atoms with Crippen molar-refractivity contribution in [3.63, 3.8) is 0 Å². The Bertz CT molecular complexity index is 2170. The van der Waals surface area contributed by atoms with E-state index in [1.54, 1.807) is 63.4 Å². The van der Waals surface area contributed by atoms with E-state index < -0.39 is 28.7 Å². The molecule has 2 aromatic rings. The van der Waals surface area contributed by atoms with Gasteiger partial charge in [0.2, 0.25) is 0 Å². The second-order valence-electron chi connectivity index (χ2n) is 13.5. The van der Waals surface area contributed by atoms with Gasteiger partial charge in [-0.25, -0.2) is 9.64 Å². The quantitative estimate of drug-likeness (QED) is 0.0199. The van der Waals surface area contributed by atoms with Crippen LogP contribution in [0, 0.1) is 65.3 Å². The molecule has 0 aliphatic heterocycles. The third kappa shape index (κ3) is 42.9. The fourth-order valence-corrected chi connectivity index (χ4v) is 4.76. The summed E-state index contributed by atoms with van der Waals surface area (Å²) in [5.41, 5.74) is 0.856.